The van der Waals surface area contributed by atoms with Crippen molar-refractivity contribution in [1.29, 1.82) is 0 Å². The highest BCUT2D eigenvalue weighted by atomic mass is 16.3. The Hall–Kier alpha value is -3.23. The molecule has 0 aliphatic carbocycles. The van der Waals surface area contributed by atoms with Gasteiger partial charge in [0.1, 0.15) is 12.1 Å². The highest BCUT2D eigenvalue weighted by molar-refractivity contribution is 5.92. The first-order valence-corrected chi connectivity index (χ1v) is 13.1. The van der Waals surface area contributed by atoms with Crippen molar-refractivity contribution in [3.05, 3.63) is 71.8 Å². The number of amides is 3. The molecule has 3 amide bonds. The fourth-order valence-corrected chi connectivity index (χ4v) is 4.09. The standard InChI is InChI=1S/C29H42N4O4/c1-21(2)17-25(28(36)31-24(20-34)18-22-11-5-3-6-12-22)33-29(37)26(19-23-13-7-4-8-14-23)32-27(35)15-9-10-16-30/h3-8,11-14,21,24-26,34H,9-10,15-20,30H2,1-2H3,(H,31,36)(H,32,35)(H,33,37)/t24-,25-,26-/m0/s1. The summed E-state index contributed by atoms with van der Waals surface area (Å²) in [5, 5.41) is 18.5. The van der Waals surface area contributed by atoms with E-state index in [4.69, 9.17) is 5.73 Å². The summed E-state index contributed by atoms with van der Waals surface area (Å²) in [5.74, 6) is -0.862. The molecule has 2 aromatic rings. The summed E-state index contributed by atoms with van der Waals surface area (Å²) in [6, 6.07) is 16.9. The molecule has 2 aromatic carbocycles. The van der Waals surface area contributed by atoms with E-state index >= 15 is 0 Å². The average molecular weight is 511 g/mol. The number of benzene rings is 2. The number of rotatable bonds is 16. The second-order valence-electron chi connectivity index (χ2n) is 9.82. The smallest absolute Gasteiger partial charge is 0.243 e. The van der Waals surface area contributed by atoms with Crippen molar-refractivity contribution in [2.45, 2.75) is 70.5 Å². The van der Waals surface area contributed by atoms with E-state index in [1.807, 2.05) is 74.5 Å². The van der Waals surface area contributed by atoms with Crippen molar-refractivity contribution in [1.82, 2.24) is 16.0 Å². The van der Waals surface area contributed by atoms with E-state index in [0.29, 0.717) is 32.2 Å². The first-order chi connectivity index (χ1) is 17.8. The molecule has 0 radical (unpaired) electrons. The lowest BCUT2D eigenvalue weighted by Crippen LogP contribution is -2.56. The van der Waals surface area contributed by atoms with Crippen molar-refractivity contribution in [2.75, 3.05) is 13.2 Å². The number of carbonyl (C=O) groups is 3. The predicted octanol–water partition coefficient (Wildman–Crippen LogP) is 2.09. The van der Waals surface area contributed by atoms with Gasteiger partial charge in [0, 0.05) is 12.8 Å². The molecule has 6 N–H and O–H groups in total. The molecule has 202 valence electrons. The number of hydrogen-bond donors (Lipinski definition) is 5. The zero-order chi connectivity index (χ0) is 27.0. The maximum Gasteiger partial charge on any atom is 0.243 e. The molecular formula is C29H42N4O4. The molecule has 0 aliphatic rings. The van der Waals surface area contributed by atoms with E-state index in [2.05, 4.69) is 16.0 Å². The van der Waals surface area contributed by atoms with Crippen LogP contribution in [0.2, 0.25) is 0 Å². The van der Waals surface area contributed by atoms with Crippen LogP contribution in [-0.2, 0) is 27.2 Å². The molecule has 2 rings (SSSR count). The summed E-state index contributed by atoms with van der Waals surface area (Å²) in [7, 11) is 0. The second-order valence-corrected chi connectivity index (χ2v) is 9.82. The van der Waals surface area contributed by atoms with E-state index in [0.717, 1.165) is 17.5 Å². The number of aliphatic hydroxyl groups is 1. The minimum atomic E-state index is -0.826. The number of carbonyl (C=O) groups excluding carboxylic acids is 3. The monoisotopic (exact) mass is 510 g/mol. The number of aliphatic hydroxyl groups excluding tert-OH is 1. The quantitative estimate of drug-likeness (QED) is 0.221. The third-order valence-electron chi connectivity index (χ3n) is 6.02. The van der Waals surface area contributed by atoms with Crippen LogP contribution in [0.1, 0.15) is 50.7 Å². The number of unbranched alkanes of at least 4 members (excludes halogenated alkanes) is 1. The Labute approximate surface area is 220 Å². The fraction of sp³-hybridized carbons (Fsp3) is 0.483. The zero-order valence-electron chi connectivity index (χ0n) is 22.0. The van der Waals surface area contributed by atoms with Crippen LogP contribution in [0, 0.1) is 5.92 Å². The molecule has 0 saturated carbocycles. The maximum atomic E-state index is 13.4. The largest absolute Gasteiger partial charge is 0.394 e. The van der Waals surface area contributed by atoms with Crippen molar-refractivity contribution < 1.29 is 19.5 Å². The van der Waals surface area contributed by atoms with Gasteiger partial charge in [-0.25, -0.2) is 0 Å². The van der Waals surface area contributed by atoms with Crippen LogP contribution >= 0.6 is 0 Å². The van der Waals surface area contributed by atoms with Gasteiger partial charge in [-0.2, -0.15) is 0 Å². The van der Waals surface area contributed by atoms with Crippen LogP contribution < -0.4 is 21.7 Å². The summed E-state index contributed by atoms with van der Waals surface area (Å²) in [5.41, 5.74) is 7.42. The molecule has 0 bridgehead atoms. The topological polar surface area (TPSA) is 134 Å². The Morgan fingerprint density at radius 1 is 0.784 bits per heavy atom. The SMILES string of the molecule is CC(C)C[C@H](NC(=O)[C@H](Cc1ccccc1)NC(=O)CCCCN)C(=O)N[C@H](CO)Cc1ccccc1. The number of nitrogens with two attached hydrogens (primary N) is 1. The van der Waals surface area contributed by atoms with Crippen LogP contribution in [0.4, 0.5) is 0 Å². The van der Waals surface area contributed by atoms with Crippen LogP contribution in [0.15, 0.2) is 60.7 Å². The van der Waals surface area contributed by atoms with Gasteiger partial charge in [0.25, 0.3) is 0 Å². The van der Waals surface area contributed by atoms with Gasteiger partial charge in [-0.1, -0.05) is 74.5 Å². The van der Waals surface area contributed by atoms with Crippen LogP contribution in [0.5, 0.6) is 0 Å². The van der Waals surface area contributed by atoms with Crippen molar-refractivity contribution in [2.24, 2.45) is 11.7 Å². The van der Waals surface area contributed by atoms with Gasteiger partial charge < -0.3 is 26.8 Å². The Morgan fingerprint density at radius 2 is 1.35 bits per heavy atom. The van der Waals surface area contributed by atoms with E-state index in [1.54, 1.807) is 0 Å². The maximum absolute atomic E-state index is 13.4. The highest BCUT2D eigenvalue weighted by Gasteiger charge is 2.28. The van der Waals surface area contributed by atoms with Gasteiger partial charge in [0.05, 0.1) is 12.6 Å². The molecule has 8 nitrogen and oxygen atoms in total. The van der Waals surface area contributed by atoms with Gasteiger partial charge >= 0.3 is 0 Å². The van der Waals surface area contributed by atoms with Crippen molar-refractivity contribution in [3.8, 4) is 0 Å². The van der Waals surface area contributed by atoms with E-state index < -0.39 is 24.0 Å². The first kappa shape index (κ1) is 30.0. The Balaban J connectivity index is 2.12. The van der Waals surface area contributed by atoms with E-state index in [9.17, 15) is 19.5 Å². The molecule has 0 heterocycles. The van der Waals surface area contributed by atoms with Gasteiger partial charge in [0.15, 0.2) is 0 Å². The predicted molar refractivity (Wildman–Crippen MR) is 146 cm³/mol. The van der Waals surface area contributed by atoms with Crippen molar-refractivity contribution in [3.63, 3.8) is 0 Å². The summed E-state index contributed by atoms with van der Waals surface area (Å²) >= 11 is 0. The minimum absolute atomic E-state index is 0.135. The molecule has 0 unspecified atom stereocenters. The molecule has 8 heteroatoms. The second kappa shape index (κ2) is 16.5. The molecule has 0 aromatic heterocycles. The molecule has 0 aliphatic heterocycles. The van der Waals surface area contributed by atoms with Crippen LogP contribution in [0.25, 0.3) is 0 Å². The highest BCUT2D eigenvalue weighted by Crippen LogP contribution is 2.10. The Morgan fingerprint density at radius 3 is 1.89 bits per heavy atom. The first-order valence-electron chi connectivity index (χ1n) is 13.1. The van der Waals surface area contributed by atoms with Gasteiger partial charge in [0.2, 0.25) is 17.7 Å². The third-order valence-corrected chi connectivity index (χ3v) is 6.02. The number of nitrogens with one attached hydrogen (secondary N) is 3. The van der Waals surface area contributed by atoms with Crippen LogP contribution in [0.3, 0.4) is 0 Å². The Bertz CT molecular complexity index is 953. The Kier molecular flexibility index (Phi) is 13.4. The molecule has 0 saturated heterocycles. The number of hydrogen-bond acceptors (Lipinski definition) is 5. The average Bonchev–Trinajstić information content (AvgIpc) is 2.88. The fourth-order valence-electron chi connectivity index (χ4n) is 4.09. The lowest BCUT2D eigenvalue weighted by atomic mass is 10.00. The van der Waals surface area contributed by atoms with E-state index in [1.165, 1.54) is 0 Å². The van der Waals surface area contributed by atoms with Gasteiger partial charge in [-0.15, -0.1) is 0 Å². The summed E-state index contributed by atoms with van der Waals surface area (Å²) in [6.07, 6.45) is 2.85. The summed E-state index contributed by atoms with van der Waals surface area (Å²) < 4.78 is 0. The zero-order valence-corrected chi connectivity index (χ0v) is 22.0. The summed E-state index contributed by atoms with van der Waals surface area (Å²) in [6.45, 7) is 4.23. The van der Waals surface area contributed by atoms with Crippen molar-refractivity contribution >= 4 is 17.7 Å². The molecular weight excluding hydrogens is 468 g/mol. The lowest BCUT2D eigenvalue weighted by molar-refractivity contribution is -0.132. The molecule has 37 heavy (non-hydrogen) atoms. The molecule has 0 fully saturated rings. The molecule has 0 spiro atoms. The van der Waals surface area contributed by atoms with E-state index in [-0.39, 0.29) is 30.8 Å². The minimum Gasteiger partial charge on any atom is -0.394 e. The van der Waals surface area contributed by atoms with Gasteiger partial charge in [-0.3, -0.25) is 14.4 Å². The third kappa shape index (κ3) is 11.6. The summed E-state index contributed by atoms with van der Waals surface area (Å²) in [4.78, 5) is 39.1. The molecule has 3 atom stereocenters. The normalized spacial score (nSPS) is 13.4. The van der Waals surface area contributed by atoms with Gasteiger partial charge in [-0.05, 0) is 49.3 Å². The lowest BCUT2D eigenvalue weighted by Gasteiger charge is -2.26. The van der Waals surface area contributed by atoms with Crippen LogP contribution in [-0.4, -0.2) is 54.1 Å².